The average Bonchev–Trinajstić information content (AvgIpc) is 3.31. The van der Waals surface area contributed by atoms with E-state index < -0.39 is 72.1 Å². The molecule has 1 rings (SSSR count). The Labute approximate surface area is 197 Å². The van der Waals surface area contributed by atoms with Gasteiger partial charge in [-0.3, -0.25) is 24.0 Å². The lowest BCUT2D eigenvalue weighted by Crippen LogP contribution is -2.58. The highest BCUT2D eigenvalue weighted by Crippen LogP contribution is 2.11. The molecule has 1 aliphatic rings. The van der Waals surface area contributed by atoms with Gasteiger partial charge < -0.3 is 37.2 Å². The molecule has 4 amide bonds. The Balaban J connectivity index is 2.96. The zero-order chi connectivity index (χ0) is 25.8. The van der Waals surface area contributed by atoms with Crippen molar-refractivity contribution in [3.05, 3.63) is 0 Å². The van der Waals surface area contributed by atoms with Gasteiger partial charge in [-0.15, -0.1) is 0 Å². The lowest BCUT2D eigenvalue weighted by Gasteiger charge is -2.28. The fourth-order valence-corrected chi connectivity index (χ4v) is 3.48. The van der Waals surface area contributed by atoms with Gasteiger partial charge in [0.05, 0.1) is 6.04 Å². The lowest BCUT2D eigenvalue weighted by molar-refractivity contribution is -0.143. The van der Waals surface area contributed by atoms with Gasteiger partial charge in [0.2, 0.25) is 23.6 Å². The summed E-state index contributed by atoms with van der Waals surface area (Å²) in [5, 5.41) is 28.5. The maximum absolute atomic E-state index is 13.0. The number of hydrogen-bond donors (Lipinski definition) is 7. The van der Waals surface area contributed by atoms with E-state index in [2.05, 4.69) is 21.3 Å². The third kappa shape index (κ3) is 9.73. The molecular formula is C21H35N5O8. The highest BCUT2D eigenvalue weighted by molar-refractivity contribution is 5.94. The second-order valence-electron chi connectivity index (χ2n) is 8.42. The van der Waals surface area contributed by atoms with E-state index in [1.54, 1.807) is 13.8 Å². The molecule has 0 aromatic rings. The maximum Gasteiger partial charge on any atom is 0.326 e. The predicted octanol–water partition coefficient (Wildman–Crippen LogP) is -1.55. The van der Waals surface area contributed by atoms with Gasteiger partial charge in [0.15, 0.2) is 0 Å². The van der Waals surface area contributed by atoms with Crippen molar-refractivity contribution in [1.82, 2.24) is 21.3 Å². The number of carboxylic acids is 2. The van der Waals surface area contributed by atoms with Crippen LogP contribution in [0.5, 0.6) is 0 Å². The predicted molar refractivity (Wildman–Crippen MR) is 119 cm³/mol. The number of hydrogen-bond acceptors (Lipinski definition) is 7. The first-order valence-electron chi connectivity index (χ1n) is 11.3. The van der Waals surface area contributed by atoms with Crippen LogP contribution in [0.1, 0.15) is 58.8 Å². The van der Waals surface area contributed by atoms with Crippen molar-refractivity contribution in [2.75, 3.05) is 6.54 Å². The van der Waals surface area contributed by atoms with Crippen LogP contribution in [-0.2, 0) is 28.8 Å². The monoisotopic (exact) mass is 485 g/mol. The standard InChI is InChI=1S/C21H35N5O8/c1-3-11(2)17(20(32)25-14(21(33)34)7-9-16(28)29)26-19(31)13(6-8-15(22)27)24-18(30)12-5-4-10-23-12/h11-14,17,23H,3-10H2,1-2H3,(H2,22,27)(H,24,30)(H,25,32)(H,26,31)(H,28,29)(H,33,34). The summed E-state index contributed by atoms with van der Waals surface area (Å²) in [6.45, 7) is 4.12. The zero-order valence-corrected chi connectivity index (χ0v) is 19.5. The van der Waals surface area contributed by atoms with Crippen LogP contribution in [0.2, 0.25) is 0 Å². The van der Waals surface area contributed by atoms with Crippen LogP contribution in [0.3, 0.4) is 0 Å². The molecule has 34 heavy (non-hydrogen) atoms. The molecule has 0 radical (unpaired) electrons. The molecule has 5 unspecified atom stereocenters. The quantitative estimate of drug-likeness (QED) is 0.143. The van der Waals surface area contributed by atoms with E-state index in [4.69, 9.17) is 10.8 Å². The minimum Gasteiger partial charge on any atom is -0.481 e. The highest BCUT2D eigenvalue weighted by Gasteiger charge is 2.33. The Morgan fingerprint density at radius 3 is 2.12 bits per heavy atom. The van der Waals surface area contributed by atoms with E-state index in [0.29, 0.717) is 19.4 Å². The number of primary amides is 1. The zero-order valence-electron chi connectivity index (χ0n) is 19.5. The van der Waals surface area contributed by atoms with E-state index in [0.717, 1.165) is 6.42 Å². The van der Waals surface area contributed by atoms with Crippen molar-refractivity contribution in [3.8, 4) is 0 Å². The van der Waals surface area contributed by atoms with Crippen LogP contribution in [0, 0.1) is 5.92 Å². The minimum absolute atomic E-state index is 0.0785. The van der Waals surface area contributed by atoms with Crippen molar-refractivity contribution in [2.45, 2.75) is 83.0 Å². The number of carbonyl (C=O) groups is 6. The molecule has 1 aliphatic heterocycles. The van der Waals surface area contributed by atoms with Crippen LogP contribution in [0.4, 0.5) is 0 Å². The normalized spacial score (nSPS) is 18.7. The van der Waals surface area contributed by atoms with Gasteiger partial charge in [0, 0.05) is 12.8 Å². The second-order valence-corrected chi connectivity index (χ2v) is 8.42. The summed E-state index contributed by atoms with van der Waals surface area (Å²) in [4.78, 5) is 71.8. The Kier molecular flexibility index (Phi) is 12.0. The molecule has 1 heterocycles. The maximum atomic E-state index is 13.0. The fourth-order valence-electron chi connectivity index (χ4n) is 3.48. The summed E-state index contributed by atoms with van der Waals surface area (Å²) in [6, 6.07) is -4.21. The van der Waals surface area contributed by atoms with E-state index in [9.17, 15) is 33.9 Å². The molecule has 8 N–H and O–H groups in total. The molecule has 192 valence electrons. The number of rotatable bonds is 15. The molecule has 1 saturated heterocycles. The van der Waals surface area contributed by atoms with Crippen molar-refractivity contribution >= 4 is 35.6 Å². The van der Waals surface area contributed by atoms with E-state index in [-0.39, 0.29) is 19.3 Å². The molecule has 13 heteroatoms. The minimum atomic E-state index is -1.45. The third-order valence-corrected chi connectivity index (χ3v) is 5.74. The number of nitrogens with two attached hydrogens (primary N) is 1. The molecular weight excluding hydrogens is 450 g/mol. The Bertz CT molecular complexity index is 768. The van der Waals surface area contributed by atoms with Gasteiger partial charge in [0.1, 0.15) is 18.1 Å². The van der Waals surface area contributed by atoms with E-state index in [1.165, 1.54) is 0 Å². The van der Waals surface area contributed by atoms with Crippen LogP contribution < -0.4 is 27.0 Å². The van der Waals surface area contributed by atoms with Gasteiger partial charge in [-0.05, 0) is 38.1 Å². The molecule has 1 fully saturated rings. The third-order valence-electron chi connectivity index (χ3n) is 5.74. The summed E-state index contributed by atoms with van der Waals surface area (Å²) in [5.74, 6) is -5.61. The molecule has 0 aliphatic carbocycles. The molecule has 5 atom stereocenters. The number of carboxylic acid groups (broad SMARTS) is 2. The van der Waals surface area contributed by atoms with Crippen molar-refractivity contribution < 1.29 is 39.0 Å². The number of nitrogens with one attached hydrogen (secondary N) is 4. The molecule has 0 aromatic carbocycles. The van der Waals surface area contributed by atoms with Crippen LogP contribution >= 0.6 is 0 Å². The Morgan fingerprint density at radius 2 is 1.62 bits per heavy atom. The number of amides is 4. The Morgan fingerprint density at radius 1 is 0.971 bits per heavy atom. The molecule has 0 bridgehead atoms. The van der Waals surface area contributed by atoms with Crippen molar-refractivity contribution in [2.24, 2.45) is 11.7 Å². The molecule has 0 saturated carbocycles. The van der Waals surface area contributed by atoms with Gasteiger partial charge in [0.25, 0.3) is 0 Å². The molecule has 0 aromatic heterocycles. The summed E-state index contributed by atoms with van der Waals surface area (Å²) in [6.07, 6.45) is 0.810. The summed E-state index contributed by atoms with van der Waals surface area (Å²) in [5.41, 5.74) is 5.19. The van der Waals surface area contributed by atoms with Gasteiger partial charge >= 0.3 is 11.9 Å². The number of carbonyl (C=O) groups excluding carboxylic acids is 4. The second kappa shape index (κ2) is 14.1. The smallest absolute Gasteiger partial charge is 0.326 e. The fraction of sp³-hybridized carbons (Fsp3) is 0.714. The largest absolute Gasteiger partial charge is 0.481 e. The van der Waals surface area contributed by atoms with Crippen LogP contribution in [-0.4, -0.2) is 76.5 Å². The topological polar surface area (TPSA) is 217 Å². The molecule has 0 spiro atoms. The molecule has 13 nitrogen and oxygen atoms in total. The first kappa shape index (κ1) is 28.8. The summed E-state index contributed by atoms with van der Waals surface area (Å²) in [7, 11) is 0. The van der Waals surface area contributed by atoms with Gasteiger partial charge in [-0.1, -0.05) is 20.3 Å². The Hall–Kier alpha value is -3.22. The summed E-state index contributed by atoms with van der Waals surface area (Å²) < 4.78 is 0. The van der Waals surface area contributed by atoms with Gasteiger partial charge in [-0.25, -0.2) is 4.79 Å². The summed E-state index contributed by atoms with van der Waals surface area (Å²) >= 11 is 0. The van der Waals surface area contributed by atoms with Crippen molar-refractivity contribution in [3.63, 3.8) is 0 Å². The van der Waals surface area contributed by atoms with Crippen LogP contribution in [0.25, 0.3) is 0 Å². The lowest BCUT2D eigenvalue weighted by atomic mass is 9.96. The van der Waals surface area contributed by atoms with Crippen LogP contribution in [0.15, 0.2) is 0 Å². The van der Waals surface area contributed by atoms with Gasteiger partial charge in [-0.2, -0.15) is 0 Å². The first-order chi connectivity index (χ1) is 16.0. The van der Waals surface area contributed by atoms with E-state index in [1.807, 2.05) is 0 Å². The average molecular weight is 486 g/mol. The first-order valence-corrected chi connectivity index (χ1v) is 11.3. The number of aliphatic carboxylic acids is 2. The SMILES string of the molecule is CCC(C)C(NC(=O)C(CCC(N)=O)NC(=O)C1CCCN1)C(=O)NC(CCC(=O)O)C(=O)O. The highest BCUT2D eigenvalue weighted by atomic mass is 16.4. The van der Waals surface area contributed by atoms with Crippen molar-refractivity contribution in [1.29, 1.82) is 0 Å². The van der Waals surface area contributed by atoms with E-state index >= 15 is 0 Å².